The quantitative estimate of drug-likeness (QED) is 0.555. The van der Waals surface area contributed by atoms with E-state index in [1.54, 1.807) is 25.6 Å². The summed E-state index contributed by atoms with van der Waals surface area (Å²) in [5.41, 5.74) is 5.54. The lowest BCUT2D eigenvalue weighted by Gasteiger charge is -2.21. The van der Waals surface area contributed by atoms with Crippen LogP contribution in [-0.4, -0.2) is 20.1 Å². The van der Waals surface area contributed by atoms with Gasteiger partial charge in [-0.1, -0.05) is 26.8 Å². The lowest BCUT2D eigenvalue weighted by molar-refractivity contribution is 0.103. The maximum absolute atomic E-state index is 13.1. The second-order valence-electron chi connectivity index (χ2n) is 8.61. The van der Waals surface area contributed by atoms with Crippen molar-refractivity contribution in [3.8, 4) is 21.9 Å². The van der Waals surface area contributed by atoms with Gasteiger partial charge in [-0.25, -0.2) is 0 Å². The van der Waals surface area contributed by atoms with Crippen LogP contribution in [-0.2, 0) is 18.3 Å². The zero-order valence-corrected chi connectivity index (χ0v) is 18.9. The van der Waals surface area contributed by atoms with Gasteiger partial charge >= 0.3 is 0 Å². The van der Waals surface area contributed by atoms with Crippen LogP contribution in [0.2, 0.25) is 0 Å². The topological polar surface area (TPSA) is 47.6 Å². The molecule has 1 amide bonds. The van der Waals surface area contributed by atoms with Crippen molar-refractivity contribution in [2.75, 3.05) is 19.5 Å². The van der Waals surface area contributed by atoms with Crippen LogP contribution >= 0.6 is 11.3 Å². The molecule has 0 atom stereocenters. The molecule has 0 bridgehead atoms. The molecule has 0 saturated heterocycles. The zero-order chi connectivity index (χ0) is 21.5. The largest absolute Gasteiger partial charge is 0.497 e. The van der Waals surface area contributed by atoms with Crippen LogP contribution in [0.4, 0.5) is 5.69 Å². The number of nitrogens with one attached hydrogen (secondary N) is 1. The summed E-state index contributed by atoms with van der Waals surface area (Å²) in [7, 11) is 3.31. The SMILES string of the molecule is COc1ccc2c(c1)CCc1cc(C(=O)Nc3cc(C(C)(C)C)ccc3OC)sc1-2. The number of anilines is 1. The molecule has 0 unspecified atom stereocenters. The Kier molecular flexibility index (Phi) is 5.33. The molecule has 3 aromatic rings. The van der Waals surface area contributed by atoms with Gasteiger partial charge in [0.05, 0.1) is 24.8 Å². The summed E-state index contributed by atoms with van der Waals surface area (Å²) in [4.78, 5) is 15.0. The first-order chi connectivity index (χ1) is 14.3. The van der Waals surface area contributed by atoms with Crippen molar-refractivity contribution in [2.24, 2.45) is 0 Å². The number of benzene rings is 2. The van der Waals surface area contributed by atoms with E-state index in [2.05, 4.69) is 38.2 Å². The van der Waals surface area contributed by atoms with Crippen molar-refractivity contribution in [3.05, 3.63) is 64.0 Å². The molecule has 0 spiro atoms. The molecular formula is C25H27NO3S. The molecule has 0 fully saturated rings. The number of aryl methyl sites for hydroxylation is 2. The smallest absolute Gasteiger partial charge is 0.265 e. The fourth-order valence-electron chi connectivity index (χ4n) is 3.81. The molecule has 1 heterocycles. The number of amides is 1. The number of fused-ring (bicyclic) bond motifs is 3. The molecule has 2 aromatic carbocycles. The molecule has 1 aliphatic carbocycles. The van der Waals surface area contributed by atoms with Crippen molar-refractivity contribution in [3.63, 3.8) is 0 Å². The summed E-state index contributed by atoms with van der Waals surface area (Å²) in [5.74, 6) is 1.43. The molecule has 0 aliphatic heterocycles. The normalized spacial score (nSPS) is 12.7. The molecule has 5 heteroatoms. The van der Waals surface area contributed by atoms with Crippen molar-refractivity contribution >= 4 is 22.9 Å². The van der Waals surface area contributed by atoms with E-state index in [-0.39, 0.29) is 11.3 Å². The molecule has 30 heavy (non-hydrogen) atoms. The third kappa shape index (κ3) is 3.82. The van der Waals surface area contributed by atoms with Crippen LogP contribution < -0.4 is 14.8 Å². The highest BCUT2D eigenvalue weighted by atomic mass is 32.1. The van der Waals surface area contributed by atoms with Crippen molar-refractivity contribution in [1.82, 2.24) is 0 Å². The molecule has 156 valence electrons. The molecule has 4 rings (SSSR count). The Balaban J connectivity index is 1.64. The summed E-state index contributed by atoms with van der Waals surface area (Å²) in [6, 6.07) is 14.2. The average Bonchev–Trinajstić information content (AvgIpc) is 3.17. The number of carbonyl (C=O) groups excluding carboxylic acids is 1. The van der Waals surface area contributed by atoms with E-state index >= 15 is 0 Å². The van der Waals surface area contributed by atoms with E-state index in [1.165, 1.54) is 21.6 Å². The first kappa shape index (κ1) is 20.5. The number of carbonyl (C=O) groups is 1. The highest BCUT2D eigenvalue weighted by Crippen LogP contribution is 2.41. The maximum atomic E-state index is 13.1. The Labute approximate surface area is 181 Å². The Morgan fingerprint density at radius 1 is 0.967 bits per heavy atom. The summed E-state index contributed by atoms with van der Waals surface area (Å²) in [6.07, 6.45) is 1.89. The summed E-state index contributed by atoms with van der Waals surface area (Å²) >= 11 is 1.55. The van der Waals surface area contributed by atoms with Gasteiger partial charge in [0.1, 0.15) is 11.5 Å². The standard InChI is InChI=1S/C25H27NO3S/c1-25(2,3)17-8-11-21(29-5)20(14-17)26-24(27)22-13-16-7-6-15-12-18(28-4)9-10-19(15)23(16)30-22/h8-14H,6-7H2,1-5H3,(H,26,27). The minimum atomic E-state index is -0.103. The average molecular weight is 422 g/mol. The van der Waals surface area contributed by atoms with Crippen molar-refractivity contribution in [2.45, 2.75) is 39.0 Å². The number of ether oxygens (including phenoxy) is 2. The lowest BCUT2D eigenvalue weighted by atomic mass is 9.87. The van der Waals surface area contributed by atoms with Crippen LogP contribution in [0.1, 0.15) is 47.1 Å². The predicted octanol–water partition coefficient (Wildman–Crippen LogP) is 6.08. The number of hydrogen-bond donors (Lipinski definition) is 1. The monoisotopic (exact) mass is 421 g/mol. The van der Waals surface area contributed by atoms with Gasteiger partial charge in [0.15, 0.2) is 0 Å². The molecular weight excluding hydrogens is 394 g/mol. The highest BCUT2D eigenvalue weighted by molar-refractivity contribution is 7.17. The minimum absolute atomic E-state index is 0.0153. The molecule has 4 nitrogen and oxygen atoms in total. The molecule has 1 aromatic heterocycles. The first-order valence-electron chi connectivity index (χ1n) is 10.1. The van der Waals surface area contributed by atoms with Gasteiger partial charge in [-0.2, -0.15) is 0 Å². The number of thiophene rings is 1. The van der Waals surface area contributed by atoms with Crippen LogP contribution in [0.25, 0.3) is 10.4 Å². The van der Waals surface area contributed by atoms with E-state index in [4.69, 9.17) is 9.47 Å². The van der Waals surface area contributed by atoms with Gasteiger partial charge < -0.3 is 14.8 Å². The lowest BCUT2D eigenvalue weighted by Crippen LogP contribution is -2.15. The van der Waals surface area contributed by atoms with Gasteiger partial charge in [-0.3, -0.25) is 4.79 Å². The number of methoxy groups -OCH3 is 2. The second kappa shape index (κ2) is 7.80. The highest BCUT2D eigenvalue weighted by Gasteiger charge is 2.23. The van der Waals surface area contributed by atoms with Gasteiger partial charge in [-0.05, 0) is 76.9 Å². The Bertz CT molecular complexity index is 1110. The molecule has 0 radical (unpaired) electrons. The van der Waals surface area contributed by atoms with Crippen molar-refractivity contribution < 1.29 is 14.3 Å². The molecule has 1 aliphatic rings. The van der Waals surface area contributed by atoms with E-state index in [0.29, 0.717) is 16.3 Å². The van der Waals surface area contributed by atoms with E-state index in [9.17, 15) is 4.79 Å². The number of hydrogen-bond acceptors (Lipinski definition) is 4. The van der Waals surface area contributed by atoms with Crippen LogP contribution in [0.15, 0.2) is 42.5 Å². The number of rotatable bonds is 4. The zero-order valence-electron chi connectivity index (χ0n) is 18.1. The van der Waals surface area contributed by atoms with Gasteiger partial charge in [-0.15, -0.1) is 11.3 Å². The van der Waals surface area contributed by atoms with Gasteiger partial charge in [0.25, 0.3) is 5.91 Å². The van der Waals surface area contributed by atoms with Gasteiger partial charge in [0.2, 0.25) is 0 Å². The predicted molar refractivity (Wildman–Crippen MR) is 123 cm³/mol. The summed E-state index contributed by atoms with van der Waals surface area (Å²) in [6.45, 7) is 6.46. The summed E-state index contributed by atoms with van der Waals surface area (Å²) in [5, 5.41) is 3.07. The Hall–Kier alpha value is -2.79. The first-order valence-corrected chi connectivity index (χ1v) is 10.9. The summed E-state index contributed by atoms with van der Waals surface area (Å²) < 4.78 is 10.8. The second-order valence-corrected chi connectivity index (χ2v) is 9.66. The van der Waals surface area contributed by atoms with Gasteiger partial charge in [0, 0.05) is 4.88 Å². The van der Waals surface area contributed by atoms with Crippen LogP contribution in [0.3, 0.4) is 0 Å². The Morgan fingerprint density at radius 3 is 2.43 bits per heavy atom. The Morgan fingerprint density at radius 2 is 1.73 bits per heavy atom. The van der Waals surface area contributed by atoms with E-state index in [0.717, 1.165) is 24.2 Å². The molecule has 1 N–H and O–H groups in total. The van der Waals surface area contributed by atoms with E-state index < -0.39 is 0 Å². The van der Waals surface area contributed by atoms with Crippen LogP contribution in [0.5, 0.6) is 11.5 Å². The third-order valence-corrected chi connectivity index (χ3v) is 6.78. The third-order valence-electron chi connectivity index (χ3n) is 5.57. The van der Waals surface area contributed by atoms with Crippen LogP contribution in [0, 0.1) is 0 Å². The fraction of sp³-hybridized carbons (Fsp3) is 0.320. The van der Waals surface area contributed by atoms with E-state index in [1.807, 2.05) is 30.3 Å². The molecule has 0 saturated carbocycles. The van der Waals surface area contributed by atoms with Crippen molar-refractivity contribution in [1.29, 1.82) is 0 Å². The minimum Gasteiger partial charge on any atom is -0.497 e. The maximum Gasteiger partial charge on any atom is 0.265 e. The fourth-order valence-corrected chi connectivity index (χ4v) is 4.97.